The SMILES string of the molecule is COc1ccc(O[C@@H]2O[C@H](CO)[C@@H](O)[C@H](O)[C@H]2N2C(=O)c3ccccc3C2=O)cc1. The van der Waals surface area contributed by atoms with E-state index in [-0.39, 0.29) is 11.1 Å². The number of ether oxygens (including phenoxy) is 3. The van der Waals surface area contributed by atoms with Crippen LogP contribution in [0.25, 0.3) is 0 Å². The Hall–Kier alpha value is -2.98. The van der Waals surface area contributed by atoms with E-state index in [0.717, 1.165) is 4.90 Å². The molecule has 2 heterocycles. The molecule has 1 fully saturated rings. The number of aliphatic hydroxyl groups is 3. The van der Waals surface area contributed by atoms with E-state index >= 15 is 0 Å². The fourth-order valence-corrected chi connectivity index (χ4v) is 3.71. The summed E-state index contributed by atoms with van der Waals surface area (Å²) in [6.45, 7) is -0.588. The normalized spacial score (nSPS) is 28.4. The van der Waals surface area contributed by atoms with E-state index in [2.05, 4.69) is 0 Å². The van der Waals surface area contributed by atoms with E-state index in [1.54, 1.807) is 36.4 Å². The first kappa shape index (κ1) is 20.3. The molecular formula is C21H21NO8. The maximum Gasteiger partial charge on any atom is 0.262 e. The van der Waals surface area contributed by atoms with E-state index in [1.165, 1.54) is 19.2 Å². The molecule has 9 heteroatoms. The van der Waals surface area contributed by atoms with Gasteiger partial charge in [-0.1, -0.05) is 12.1 Å². The van der Waals surface area contributed by atoms with Crippen molar-refractivity contribution >= 4 is 11.8 Å². The van der Waals surface area contributed by atoms with E-state index in [9.17, 15) is 24.9 Å². The van der Waals surface area contributed by atoms with Crippen LogP contribution in [0.4, 0.5) is 0 Å². The summed E-state index contributed by atoms with van der Waals surface area (Å²) in [4.78, 5) is 26.7. The van der Waals surface area contributed by atoms with E-state index < -0.39 is 49.1 Å². The molecule has 0 bridgehead atoms. The van der Waals surface area contributed by atoms with Gasteiger partial charge in [-0.15, -0.1) is 0 Å². The lowest BCUT2D eigenvalue weighted by molar-refractivity contribution is -0.254. The van der Waals surface area contributed by atoms with Crippen LogP contribution in [0.2, 0.25) is 0 Å². The van der Waals surface area contributed by atoms with Crippen molar-refractivity contribution < 1.29 is 39.1 Å². The van der Waals surface area contributed by atoms with Gasteiger partial charge >= 0.3 is 0 Å². The lowest BCUT2D eigenvalue weighted by Crippen LogP contribution is -2.66. The van der Waals surface area contributed by atoms with Gasteiger partial charge in [-0.05, 0) is 36.4 Å². The minimum atomic E-state index is -1.60. The van der Waals surface area contributed by atoms with Gasteiger partial charge in [0, 0.05) is 0 Å². The predicted octanol–water partition coefficient (Wildman–Crippen LogP) is 0.178. The Bertz CT molecular complexity index is 911. The van der Waals surface area contributed by atoms with Crippen molar-refractivity contribution in [3.05, 3.63) is 59.7 Å². The summed E-state index contributed by atoms with van der Waals surface area (Å²) in [6.07, 6.45) is -5.60. The number of aliphatic hydroxyl groups excluding tert-OH is 3. The molecule has 5 atom stereocenters. The Labute approximate surface area is 172 Å². The number of hydrogen-bond donors (Lipinski definition) is 3. The van der Waals surface area contributed by atoms with Crippen LogP contribution < -0.4 is 9.47 Å². The number of carbonyl (C=O) groups is 2. The third-order valence-electron chi connectivity index (χ3n) is 5.28. The molecule has 3 N–H and O–H groups in total. The van der Waals surface area contributed by atoms with E-state index in [4.69, 9.17) is 14.2 Å². The molecule has 0 radical (unpaired) electrons. The van der Waals surface area contributed by atoms with Crippen molar-refractivity contribution in [2.24, 2.45) is 0 Å². The fraction of sp³-hybridized carbons (Fsp3) is 0.333. The van der Waals surface area contributed by atoms with Crippen LogP contribution in [0, 0.1) is 0 Å². The Morgan fingerprint density at radius 2 is 1.50 bits per heavy atom. The van der Waals surface area contributed by atoms with Crippen LogP contribution in [-0.4, -0.2) is 76.4 Å². The maximum absolute atomic E-state index is 12.9. The highest BCUT2D eigenvalue weighted by Gasteiger charge is 2.53. The lowest BCUT2D eigenvalue weighted by Gasteiger charge is -2.44. The molecule has 0 saturated carbocycles. The van der Waals surface area contributed by atoms with Crippen LogP contribution in [0.1, 0.15) is 20.7 Å². The predicted molar refractivity (Wildman–Crippen MR) is 102 cm³/mol. The van der Waals surface area contributed by atoms with Gasteiger partial charge in [0.25, 0.3) is 11.8 Å². The van der Waals surface area contributed by atoms with Gasteiger partial charge in [0.05, 0.1) is 24.8 Å². The number of fused-ring (bicyclic) bond motifs is 1. The molecule has 2 aromatic rings. The van der Waals surface area contributed by atoms with Gasteiger partial charge < -0.3 is 29.5 Å². The van der Waals surface area contributed by atoms with Crippen molar-refractivity contribution in [2.45, 2.75) is 30.6 Å². The average molecular weight is 415 g/mol. The summed E-state index contributed by atoms with van der Waals surface area (Å²) >= 11 is 0. The number of rotatable bonds is 5. The number of carbonyl (C=O) groups excluding carboxylic acids is 2. The van der Waals surface area contributed by atoms with E-state index in [0.29, 0.717) is 11.5 Å². The second-order valence-corrected chi connectivity index (χ2v) is 7.02. The number of hydrogen-bond acceptors (Lipinski definition) is 8. The zero-order valence-electron chi connectivity index (χ0n) is 16.0. The van der Waals surface area contributed by atoms with Crippen LogP contribution >= 0.6 is 0 Å². The molecule has 4 rings (SSSR count). The molecule has 2 amide bonds. The third kappa shape index (κ3) is 3.31. The van der Waals surface area contributed by atoms with Gasteiger partial charge in [0.1, 0.15) is 35.9 Å². The Morgan fingerprint density at radius 3 is 2.03 bits per heavy atom. The molecule has 2 aliphatic rings. The van der Waals surface area contributed by atoms with Crippen LogP contribution in [-0.2, 0) is 4.74 Å². The highest BCUT2D eigenvalue weighted by molar-refractivity contribution is 6.21. The third-order valence-corrected chi connectivity index (χ3v) is 5.28. The summed E-state index contributed by atoms with van der Waals surface area (Å²) in [5.74, 6) is -0.336. The van der Waals surface area contributed by atoms with Gasteiger partial charge in [-0.2, -0.15) is 0 Å². The van der Waals surface area contributed by atoms with Gasteiger partial charge in [-0.3, -0.25) is 14.5 Å². The van der Waals surface area contributed by atoms with Gasteiger partial charge in [0.15, 0.2) is 0 Å². The quantitative estimate of drug-likeness (QED) is 0.591. The maximum atomic E-state index is 12.9. The summed E-state index contributed by atoms with van der Waals surface area (Å²) in [6, 6.07) is 11.4. The molecule has 9 nitrogen and oxygen atoms in total. The topological polar surface area (TPSA) is 126 Å². The van der Waals surface area contributed by atoms with E-state index in [1.807, 2.05) is 0 Å². The Morgan fingerprint density at radius 1 is 0.933 bits per heavy atom. The van der Waals surface area contributed by atoms with Crippen molar-refractivity contribution in [3.63, 3.8) is 0 Å². The molecule has 0 spiro atoms. The number of imide groups is 1. The number of benzene rings is 2. The summed E-state index contributed by atoms with van der Waals surface area (Å²) < 4.78 is 16.6. The first-order valence-electron chi connectivity index (χ1n) is 9.36. The smallest absolute Gasteiger partial charge is 0.262 e. The van der Waals surface area contributed by atoms with Gasteiger partial charge in [0.2, 0.25) is 6.29 Å². The summed E-state index contributed by atoms with van der Waals surface area (Å²) in [7, 11) is 1.52. The number of nitrogens with zero attached hydrogens (tertiary/aromatic N) is 1. The summed E-state index contributed by atoms with van der Waals surface area (Å²) in [5, 5.41) is 30.6. The van der Waals surface area contributed by atoms with Crippen LogP contribution in [0.15, 0.2) is 48.5 Å². The van der Waals surface area contributed by atoms with Gasteiger partial charge in [-0.25, -0.2) is 0 Å². The van der Waals surface area contributed by atoms with Crippen molar-refractivity contribution in [1.29, 1.82) is 0 Å². The van der Waals surface area contributed by atoms with Crippen molar-refractivity contribution in [1.82, 2.24) is 4.90 Å². The standard InChI is InChI=1S/C21H21NO8/c1-28-11-6-8-12(9-7-11)29-21-16(18(25)17(24)15(10-23)30-21)22-19(26)13-4-2-3-5-14(13)20(22)27/h2-9,15-18,21,23-25H,10H2,1H3/t15-,16-,17-,18-,21-/m1/s1. The first-order valence-corrected chi connectivity index (χ1v) is 9.36. The van der Waals surface area contributed by atoms with Crippen LogP contribution in [0.5, 0.6) is 11.5 Å². The lowest BCUT2D eigenvalue weighted by atomic mass is 9.95. The Kier molecular flexibility index (Phi) is 5.44. The molecule has 2 aliphatic heterocycles. The minimum Gasteiger partial charge on any atom is -0.497 e. The second kappa shape index (κ2) is 8.04. The molecule has 2 aromatic carbocycles. The Balaban J connectivity index is 1.68. The number of methoxy groups -OCH3 is 1. The zero-order chi connectivity index (χ0) is 21.4. The molecular weight excluding hydrogens is 394 g/mol. The molecule has 0 aliphatic carbocycles. The monoisotopic (exact) mass is 415 g/mol. The van der Waals surface area contributed by atoms with Crippen LogP contribution in [0.3, 0.4) is 0 Å². The fourth-order valence-electron chi connectivity index (χ4n) is 3.71. The zero-order valence-corrected chi connectivity index (χ0v) is 16.0. The van der Waals surface area contributed by atoms with Crippen molar-refractivity contribution in [2.75, 3.05) is 13.7 Å². The first-order chi connectivity index (χ1) is 14.5. The average Bonchev–Trinajstić information content (AvgIpc) is 3.02. The molecule has 0 unspecified atom stereocenters. The van der Waals surface area contributed by atoms with Crippen molar-refractivity contribution in [3.8, 4) is 11.5 Å². The minimum absolute atomic E-state index is 0.191. The number of amides is 2. The molecule has 0 aromatic heterocycles. The molecule has 158 valence electrons. The highest BCUT2D eigenvalue weighted by atomic mass is 16.7. The highest BCUT2D eigenvalue weighted by Crippen LogP contribution is 2.33. The summed E-state index contributed by atoms with van der Waals surface area (Å²) in [5.41, 5.74) is 0.383. The largest absolute Gasteiger partial charge is 0.497 e. The molecule has 1 saturated heterocycles. The molecule has 30 heavy (non-hydrogen) atoms. The second-order valence-electron chi connectivity index (χ2n) is 7.02.